The second kappa shape index (κ2) is 9.11. The number of rotatable bonds is 6. The molecule has 1 aromatic carbocycles. The average Bonchev–Trinajstić information content (AvgIpc) is 2.54. The molecule has 2 N–H and O–H groups in total. The van der Waals surface area contributed by atoms with Crippen molar-refractivity contribution in [3.63, 3.8) is 0 Å². The van der Waals surface area contributed by atoms with Crippen molar-refractivity contribution >= 4 is 34.0 Å². The van der Waals surface area contributed by atoms with Gasteiger partial charge < -0.3 is 10.5 Å². The Hall–Kier alpha value is -0.530. The molecular weight excluding hydrogens is 395 g/mol. The van der Waals surface area contributed by atoms with Crippen molar-refractivity contribution in [1.29, 1.82) is 0 Å². The molecule has 1 unspecified atom stereocenters. The zero-order valence-electron chi connectivity index (χ0n) is 15.1. The second-order valence-corrected chi connectivity index (χ2v) is 9.64. The van der Waals surface area contributed by atoms with E-state index >= 15 is 0 Å². The SMILES string of the molecule is CC(N)C1CCN(S(=O)(=O)c2cc(Cl)ccc2OCC2CCC2)CC1.Cl. The first kappa shape index (κ1) is 21.8. The minimum absolute atomic E-state index is 0. The lowest BCUT2D eigenvalue weighted by atomic mass is 9.86. The summed E-state index contributed by atoms with van der Waals surface area (Å²) in [6.07, 6.45) is 5.11. The fourth-order valence-electron chi connectivity index (χ4n) is 3.45. The van der Waals surface area contributed by atoms with Crippen LogP contribution in [0.4, 0.5) is 0 Å². The molecule has 2 fully saturated rings. The first-order valence-corrected chi connectivity index (χ1v) is 10.9. The summed E-state index contributed by atoms with van der Waals surface area (Å²) >= 11 is 6.07. The summed E-state index contributed by atoms with van der Waals surface area (Å²) in [6, 6.07) is 4.95. The second-order valence-electron chi connectivity index (χ2n) is 7.30. The van der Waals surface area contributed by atoms with E-state index in [0.29, 0.717) is 42.3 Å². The maximum Gasteiger partial charge on any atom is 0.246 e. The maximum absolute atomic E-state index is 13.1. The minimum atomic E-state index is -3.62. The first-order valence-electron chi connectivity index (χ1n) is 9.06. The van der Waals surface area contributed by atoms with Gasteiger partial charge in [-0.25, -0.2) is 8.42 Å². The topological polar surface area (TPSA) is 72.6 Å². The van der Waals surface area contributed by atoms with Crippen LogP contribution in [0.25, 0.3) is 0 Å². The normalized spacial score (nSPS) is 20.9. The third-order valence-electron chi connectivity index (χ3n) is 5.47. The van der Waals surface area contributed by atoms with Crippen LogP contribution in [0.5, 0.6) is 5.75 Å². The Kier molecular flexibility index (Phi) is 7.62. The molecule has 5 nitrogen and oxygen atoms in total. The Labute approximate surface area is 167 Å². The molecule has 1 aromatic rings. The molecule has 148 valence electrons. The van der Waals surface area contributed by atoms with Gasteiger partial charge in [0.25, 0.3) is 0 Å². The molecule has 1 aliphatic heterocycles. The van der Waals surface area contributed by atoms with Crippen LogP contribution in [0.2, 0.25) is 5.02 Å². The first-order chi connectivity index (χ1) is 11.9. The Morgan fingerprint density at radius 1 is 1.27 bits per heavy atom. The predicted octanol–water partition coefficient (Wildman–Crippen LogP) is 3.69. The average molecular weight is 423 g/mol. The highest BCUT2D eigenvalue weighted by molar-refractivity contribution is 7.89. The van der Waals surface area contributed by atoms with Crippen molar-refractivity contribution in [2.24, 2.45) is 17.6 Å². The Balaban J connectivity index is 0.00000243. The van der Waals surface area contributed by atoms with E-state index in [9.17, 15) is 8.42 Å². The van der Waals surface area contributed by atoms with Crippen LogP contribution in [0.15, 0.2) is 23.1 Å². The molecule has 0 amide bonds. The molecule has 0 radical (unpaired) electrons. The van der Waals surface area contributed by atoms with Gasteiger partial charge in [-0.15, -0.1) is 12.4 Å². The van der Waals surface area contributed by atoms with E-state index < -0.39 is 10.0 Å². The summed E-state index contributed by atoms with van der Waals surface area (Å²) in [5.41, 5.74) is 5.96. The molecule has 0 bridgehead atoms. The van der Waals surface area contributed by atoms with Crippen LogP contribution in [0, 0.1) is 11.8 Å². The minimum Gasteiger partial charge on any atom is -0.492 e. The molecule has 3 rings (SSSR count). The lowest BCUT2D eigenvalue weighted by Crippen LogP contribution is -2.42. The number of piperidine rings is 1. The van der Waals surface area contributed by atoms with Crippen molar-refractivity contribution < 1.29 is 13.2 Å². The smallest absolute Gasteiger partial charge is 0.246 e. The molecule has 8 heteroatoms. The van der Waals surface area contributed by atoms with Gasteiger partial charge in [0.2, 0.25) is 10.0 Å². The highest BCUT2D eigenvalue weighted by Crippen LogP contribution is 2.34. The number of nitrogens with zero attached hydrogens (tertiary/aromatic N) is 1. The largest absolute Gasteiger partial charge is 0.492 e. The molecule has 1 atom stereocenters. The van der Waals surface area contributed by atoms with Gasteiger partial charge in [-0.2, -0.15) is 4.31 Å². The van der Waals surface area contributed by atoms with Gasteiger partial charge in [0.15, 0.2) is 0 Å². The molecule has 1 heterocycles. The van der Waals surface area contributed by atoms with E-state index in [4.69, 9.17) is 22.1 Å². The maximum atomic E-state index is 13.1. The van der Waals surface area contributed by atoms with E-state index in [1.807, 2.05) is 6.92 Å². The van der Waals surface area contributed by atoms with Crippen molar-refractivity contribution in [2.45, 2.75) is 50.0 Å². The van der Waals surface area contributed by atoms with Crippen molar-refractivity contribution in [2.75, 3.05) is 19.7 Å². The Morgan fingerprint density at radius 2 is 1.92 bits per heavy atom. The van der Waals surface area contributed by atoms with E-state index in [2.05, 4.69) is 0 Å². The molecule has 26 heavy (non-hydrogen) atoms. The summed E-state index contributed by atoms with van der Waals surface area (Å²) < 4.78 is 33.6. The van der Waals surface area contributed by atoms with E-state index in [1.165, 1.54) is 16.8 Å². The molecular formula is C18H28Cl2N2O3S. The van der Waals surface area contributed by atoms with E-state index in [-0.39, 0.29) is 23.3 Å². The molecule has 1 saturated heterocycles. The van der Waals surface area contributed by atoms with Crippen LogP contribution in [0.1, 0.15) is 39.0 Å². The summed E-state index contributed by atoms with van der Waals surface area (Å²) in [5.74, 6) is 1.32. The van der Waals surface area contributed by atoms with Gasteiger partial charge >= 0.3 is 0 Å². The fraction of sp³-hybridized carbons (Fsp3) is 0.667. The van der Waals surface area contributed by atoms with Crippen LogP contribution in [-0.4, -0.2) is 38.5 Å². The summed E-state index contributed by atoms with van der Waals surface area (Å²) in [7, 11) is -3.62. The summed E-state index contributed by atoms with van der Waals surface area (Å²) in [4.78, 5) is 0.179. The van der Waals surface area contributed by atoms with Crippen LogP contribution in [-0.2, 0) is 10.0 Å². The van der Waals surface area contributed by atoms with E-state index in [0.717, 1.165) is 25.7 Å². The third kappa shape index (κ3) is 4.84. The quantitative estimate of drug-likeness (QED) is 0.758. The number of hydrogen-bond donors (Lipinski definition) is 1. The highest BCUT2D eigenvalue weighted by Gasteiger charge is 2.33. The van der Waals surface area contributed by atoms with Crippen molar-refractivity contribution in [3.05, 3.63) is 23.2 Å². The standard InChI is InChI=1S/C18H27ClN2O3S.ClH/c1-13(20)15-7-9-21(10-8-15)25(22,23)18-11-16(19)5-6-17(18)24-12-14-3-2-4-14;/h5-6,11,13-15H,2-4,7-10,12,20H2,1H3;1H. The Morgan fingerprint density at radius 3 is 2.46 bits per heavy atom. The molecule has 2 aliphatic rings. The molecule has 0 aromatic heterocycles. The fourth-order valence-corrected chi connectivity index (χ4v) is 5.31. The summed E-state index contributed by atoms with van der Waals surface area (Å²) in [5, 5.41) is 0.403. The number of sulfonamides is 1. The lowest BCUT2D eigenvalue weighted by molar-refractivity contribution is 0.177. The van der Waals surface area contributed by atoms with Gasteiger partial charge in [-0.05, 0) is 62.6 Å². The lowest BCUT2D eigenvalue weighted by Gasteiger charge is -2.33. The number of halogens is 2. The number of hydrogen-bond acceptors (Lipinski definition) is 4. The van der Waals surface area contributed by atoms with Gasteiger partial charge in [0.05, 0.1) is 6.61 Å². The van der Waals surface area contributed by atoms with Crippen LogP contribution < -0.4 is 10.5 Å². The van der Waals surface area contributed by atoms with Gasteiger partial charge in [-0.1, -0.05) is 18.0 Å². The zero-order valence-corrected chi connectivity index (χ0v) is 17.5. The summed E-state index contributed by atoms with van der Waals surface area (Å²) in [6.45, 7) is 3.53. The third-order valence-corrected chi connectivity index (χ3v) is 7.62. The Bertz CT molecular complexity index is 700. The van der Waals surface area contributed by atoms with Crippen LogP contribution in [0.3, 0.4) is 0 Å². The van der Waals surface area contributed by atoms with Gasteiger partial charge in [0, 0.05) is 24.2 Å². The van der Waals surface area contributed by atoms with Crippen molar-refractivity contribution in [3.8, 4) is 5.75 Å². The van der Waals surface area contributed by atoms with Gasteiger partial charge in [0.1, 0.15) is 10.6 Å². The van der Waals surface area contributed by atoms with E-state index in [1.54, 1.807) is 12.1 Å². The van der Waals surface area contributed by atoms with Crippen molar-refractivity contribution in [1.82, 2.24) is 4.31 Å². The zero-order chi connectivity index (χ0) is 18.0. The molecule has 1 saturated carbocycles. The number of benzene rings is 1. The number of ether oxygens (including phenoxy) is 1. The predicted molar refractivity (Wildman–Crippen MR) is 107 cm³/mol. The van der Waals surface area contributed by atoms with Crippen LogP contribution >= 0.6 is 24.0 Å². The molecule has 0 spiro atoms. The molecule has 1 aliphatic carbocycles. The number of nitrogens with two attached hydrogens (primary N) is 1. The van der Waals surface area contributed by atoms with Gasteiger partial charge in [-0.3, -0.25) is 0 Å². The monoisotopic (exact) mass is 422 g/mol. The highest BCUT2D eigenvalue weighted by atomic mass is 35.5.